The van der Waals surface area contributed by atoms with Crippen LogP contribution in [0, 0.1) is 0 Å². The molecule has 0 saturated carbocycles. The van der Waals surface area contributed by atoms with Gasteiger partial charge in [0, 0.05) is 25.0 Å². The Kier molecular flexibility index (Phi) is 3.61. The second-order valence-electron chi connectivity index (χ2n) is 4.34. The monoisotopic (exact) mass is 208 g/mol. The molecule has 1 aromatic heterocycles. The first kappa shape index (κ1) is 10.5. The van der Waals surface area contributed by atoms with E-state index in [2.05, 4.69) is 27.1 Å². The molecule has 1 atom stereocenters. The van der Waals surface area contributed by atoms with E-state index in [1.54, 1.807) is 6.20 Å². The van der Waals surface area contributed by atoms with Crippen molar-refractivity contribution in [1.82, 2.24) is 14.9 Å². The van der Waals surface area contributed by atoms with Gasteiger partial charge in [-0.3, -0.25) is 0 Å². The highest BCUT2D eigenvalue weighted by Crippen LogP contribution is 2.09. The summed E-state index contributed by atoms with van der Waals surface area (Å²) >= 11 is 0. The predicted molar refractivity (Wildman–Crippen MR) is 62.0 cm³/mol. The fraction of sp³-hybridized carbons (Fsp3) is 0.727. The van der Waals surface area contributed by atoms with Crippen LogP contribution in [0.1, 0.15) is 26.2 Å². The van der Waals surface area contributed by atoms with Gasteiger partial charge in [0.05, 0.1) is 0 Å². The molecule has 1 fully saturated rings. The van der Waals surface area contributed by atoms with Gasteiger partial charge >= 0.3 is 0 Å². The average Bonchev–Trinajstić information content (AvgIpc) is 2.71. The number of rotatable bonds is 4. The molecule has 0 aliphatic carbocycles. The summed E-state index contributed by atoms with van der Waals surface area (Å²) in [6.45, 7) is 5.83. The minimum Gasteiger partial charge on any atom is -0.352 e. The maximum Gasteiger partial charge on any atom is 0.200 e. The third kappa shape index (κ3) is 3.23. The van der Waals surface area contributed by atoms with Crippen LogP contribution < -0.4 is 5.32 Å². The Hall–Kier alpha value is -1.03. The largest absolute Gasteiger partial charge is 0.352 e. The number of likely N-dealkylation sites (tertiary alicyclic amines) is 1. The van der Waals surface area contributed by atoms with E-state index in [0.717, 1.165) is 12.5 Å². The highest BCUT2D eigenvalue weighted by atomic mass is 15.2. The van der Waals surface area contributed by atoms with E-state index in [-0.39, 0.29) is 0 Å². The Balaban J connectivity index is 1.74. The standard InChI is InChI=1S/C11H20N4/c1-10(14-11-12-5-6-13-11)9-15-7-3-2-4-8-15/h5-6,10H,2-4,7-9H2,1H3,(H2,12,13,14). The molecule has 1 aliphatic heterocycles. The highest BCUT2D eigenvalue weighted by Gasteiger charge is 2.13. The maximum absolute atomic E-state index is 4.16. The van der Waals surface area contributed by atoms with Gasteiger partial charge in [-0.15, -0.1) is 0 Å². The van der Waals surface area contributed by atoms with Crippen LogP contribution in [0.5, 0.6) is 0 Å². The van der Waals surface area contributed by atoms with E-state index in [0.29, 0.717) is 6.04 Å². The number of hydrogen-bond acceptors (Lipinski definition) is 3. The molecule has 4 nitrogen and oxygen atoms in total. The van der Waals surface area contributed by atoms with Gasteiger partial charge in [0.15, 0.2) is 5.95 Å². The number of nitrogens with zero attached hydrogens (tertiary/aromatic N) is 2. The molecule has 0 aromatic carbocycles. The van der Waals surface area contributed by atoms with Crippen molar-refractivity contribution in [3.8, 4) is 0 Å². The molecule has 0 radical (unpaired) electrons. The van der Waals surface area contributed by atoms with Gasteiger partial charge in [-0.05, 0) is 32.9 Å². The van der Waals surface area contributed by atoms with Gasteiger partial charge in [-0.1, -0.05) is 6.42 Å². The Morgan fingerprint density at radius 1 is 1.47 bits per heavy atom. The lowest BCUT2D eigenvalue weighted by Crippen LogP contribution is -2.38. The van der Waals surface area contributed by atoms with Crippen molar-refractivity contribution in [1.29, 1.82) is 0 Å². The third-order valence-electron chi connectivity index (χ3n) is 2.86. The Bertz CT molecular complexity index is 264. The van der Waals surface area contributed by atoms with Crippen molar-refractivity contribution in [2.24, 2.45) is 0 Å². The SMILES string of the molecule is CC(CN1CCCCC1)Nc1ncc[nH]1. The number of anilines is 1. The number of hydrogen-bond donors (Lipinski definition) is 2. The van der Waals surface area contributed by atoms with Crippen LogP contribution in [-0.2, 0) is 0 Å². The molecule has 1 saturated heterocycles. The topological polar surface area (TPSA) is 44.0 Å². The number of H-pyrrole nitrogens is 1. The minimum absolute atomic E-state index is 0.453. The zero-order valence-corrected chi connectivity index (χ0v) is 9.37. The predicted octanol–water partition coefficient (Wildman–Crippen LogP) is 1.70. The molecule has 2 heterocycles. The molecule has 0 amide bonds. The van der Waals surface area contributed by atoms with Gasteiger partial charge in [-0.25, -0.2) is 4.98 Å². The Morgan fingerprint density at radius 3 is 2.93 bits per heavy atom. The van der Waals surface area contributed by atoms with Crippen LogP contribution in [0.15, 0.2) is 12.4 Å². The molecule has 1 aliphatic rings. The fourth-order valence-electron chi connectivity index (χ4n) is 2.15. The number of aromatic nitrogens is 2. The molecule has 2 N–H and O–H groups in total. The number of nitrogens with one attached hydrogen (secondary N) is 2. The summed E-state index contributed by atoms with van der Waals surface area (Å²) in [5.74, 6) is 0.875. The van der Waals surface area contributed by atoms with Crippen molar-refractivity contribution < 1.29 is 0 Å². The van der Waals surface area contributed by atoms with Crippen molar-refractivity contribution in [3.05, 3.63) is 12.4 Å². The smallest absolute Gasteiger partial charge is 0.200 e. The van der Waals surface area contributed by atoms with E-state index in [9.17, 15) is 0 Å². The molecule has 0 spiro atoms. The maximum atomic E-state index is 4.16. The fourth-order valence-corrected chi connectivity index (χ4v) is 2.15. The summed E-state index contributed by atoms with van der Waals surface area (Å²) in [5, 5.41) is 3.36. The lowest BCUT2D eigenvalue weighted by atomic mass is 10.1. The molecule has 1 unspecified atom stereocenters. The quantitative estimate of drug-likeness (QED) is 0.791. The molecule has 4 heteroatoms. The van der Waals surface area contributed by atoms with E-state index in [1.807, 2.05) is 6.20 Å². The second-order valence-corrected chi connectivity index (χ2v) is 4.34. The molecular formula is C11H20N4. The van der Waals surface area contributed by atoms with Gasteiger partial charge in [-0.2, -0.15) is 0 Å². The first-order valence-corrected chi connectivity index (χ1v) is 5.83. The molecule has 84 valence electrons. The molecule has 15 heavy (non-hydrogen) atoms. The lowest BCUT2D eigenvalue weighted by molar-refractivity contribution is 0.223. The Labute approximate surface area is 91.1 Å². The van der Waals surface area contributed by atoms with Gasteiger partial charge in [0.1, 0.15) is 0 Å². The van der Waals surface area contributed by atoms with E-state index in [4.69, 9.17) is 0 Å². The van der Waals surface area contributed by atoms with Gasteiger partial charge in [0.2, 0.25) is 0 Å². The first-order chi connectivity index (χ1) is 7.34. The zero-order chi connectivity index (χ0) is 10.5. The summed E-state index contributed by atoms with van der Waals surface area (Å²) in [4.78, 5) is 9.76. The van der Waals surface area contributed by atoms with Gasteiger partial charge < -0.3 is 15.2 Å². The summed E-state index contributed by atoms with van der Waals surface area (Å²) in [5.41, 5.74) is 0. The summed E-state index contributed by atoms with van der Waals surface area (Å²) in [6.07, 6.45) is 7.73. The van der Waals surface area contributed by atoms with Crippen molar-refractivity contribution >= 4 is 5.95 Å². The molecule has 2 rings (SSSR count). The van der Waals surface area contributed by atoms with Crippen LogP contribution in [0.25, 0.3) is 0 Å². The van der Waals surface area contributed by atoms with E-state index < -0.39 is 0 Å². The normalized spacial score (nSPS) is 20.1. The van der Waals surface area contributed by atoms with E-state index >= 15 is 0 Å². The number of piperidine rings is 1. The van der Waals surface area contributed by atoms with Gasteiger partial charge in [0.25, 0.3) is 0 Å². The van der Waals surface area contributed by atoms with Crippen LogP contribution in [0.3, 0.4) is 0 Å². The zero-order valence-electron chi connectivity index (χ0n) is 9.37. The molecule has 0 bridgehead atoms. The minimum atomic E-state index is 0.453. The summed E-state index contributed by atoms with van der Waals surface area (Å²) in [6, 6.07) is 0.453. The van der Waals surface area contributed by atoms with Crippen LogP contribution >= 0.6 is 0 Å². The van der Waals surface area contributed by atoms with Crippen molar-refractivity contribution in [2.45, 2.75) is 32.2 Å². The Morgan fingerprint density at radius 2 is 2.27 bits per heavy atom. The number of imidazole rings is 1. The number of aromatic amines is 1. The first-order valence-electron chi connectivity index (χ1n) is 5.83. The molecule has 1 aromatic rings. The lowest BCUT2D eigenvalue weighted by Gasteiger charge is -2.29. The summed E-state index contributed by atoms with van der Waals surface area (Å²) in [7, 11) is 0. The van der Waals surface area contributed by atoms with Crippen molar-refractivity contribution in [3.63, 3.8) is 0 Å². The summed E-state index contributed by atoms with van der Waals surface area (Å²) < 4.78 is 0. The third-order valence-corrected chi connectivity index (χ3v) is 2.86. The average molecular weight is 208 g/mol. The molecular weight excluding hydrogens is 188 g/mol. The van der Waals surface area contributed by atoms with Crippen molar-refractivity contribution in [2.75, 3.05) is 25.0 Å². The van der Waals surface area contributed by atoms with Crippen LogP contribution in [-0.4, -0.2) is 40.5 Å². The van der Waals surface area contributed by atoms with E-state index in [1.165, 1.54) is 32.4 Å². The van der Waals surface area contributed by atoms with Crippen LogP contribution in [0.2, 0.25) is 0 Å². The van der Waals surface area contributed by atoms with Crippen LogP contribution in [0.4, 0.5) is 5.95 Å². The second kappa shape index (κ2) is 5.16. The highest BCUT2D eigenvalue weighted by molar-refractivity contribution is 5.24.